The Morgan fingerprint density at radius 3 is 0.893 bits per heavy atom. The van der Waals surface area contributed by atoms with E-state index in [1.807, 2.05) is 0 Å². The number of amides is 4. The quantitative estimate of drug-likeness (QED) is 0.0306. The Balaban J connectivity index is 0.983. The predicted octanol–water partition coefficient (Wildman–Crippen LogP) is -21.2. The molecule has 0 aromatic rings. The Morgan fingerprint density at radius 1 is 0.230 bits per heavy atom. The Kier molecular flexibility index (Phi) is 35.8. The first-order chi connectivity index (χ1) is 57.7. The Labute approximate surface area is 691 Å². The summed E-state index contributed by atoms with van der Waals surface area (Å²) in [5.74, 6) is -3.76. The molecule has 50 atom stereocenters. The summed E-state index contributed by atoms with van der Waals surface area (Å²) < 4.78 is 113. The zero-order chi connectivity index (χ0) is 89.8. The van der Waals surface area contributed by atoms with Gasteiger partial charge in [0, 0.05) is 27.7 Å². The highest BCUT2D eigenvalue weighted by molar-refractivity contribution is 5.74. The van der Waals surface area contributed by atoms with Gasteiger partial charge >= 0.3 is 0 Å². The third-order valence-corrected chi connectivity index (χ3v) is 22.4. The van der Waals surface area contributed by atoms with Crippen LogP contribution in [-0.2, 0) is 109 Å². The number of rotatable bonds is 31. The molecule has 10 aliphatic heterocycles. The van der Waals surface area contributed by atoms with Crippen molar-refractivity contribution in [3.05, 3.63) is 0 Å². The van der Waals surface area contributed by atoms with Gasteiger partial charge in [0.1, 0.15) is 238 Å². The van der Waals surface area contributed by atoms with Crippen LogP contribution in [0.2, 0.25) is 0 Å². The van der Waals surface area contributed by atoms with Crippen LogP contribution in [0.15, 0.2) is 0 Å². The van der Waals surface area contributed by atoms with Crippen LogP contribution >= 0.6 is 0 Å². The van der Waals surface area contributed by atoms with Crippen molar-refractivity contribution < 1.29 is 247 Å². The first-order valence-corrected chi connectivity index (χ1v) is 39.0. The zero-order valence-corrected chi connectivity index (χ0v) is 65.7. The molecule has 0 saturated carbocycles. The van der Waals surface area contributed by atoms with Crippen LogP contribution in [0.3, 0.4) is 0 Å². The first-order valence-electron chi connectivity index (χ1n) is 39.0. The van der Waals surface area contributed by atoms with E-state index in [4.69, 9.17) is 90.0 Å². The minimum absolute atomic E-state index is 0.846. The van der Waals surface area contributed by atoms with Crippen molar-refractivity contribution in [1.29, 1.82) is 0 Å². The molecule has 10 aliphatic rings. The number of hydrogen-bond donors (Lipinski definition) is 31. The topological polar surface area (TPSA) is 838 Å². The summed E-state index contributed by atoms with van der Waals surface area (Å²) >= 11 is 0. The van der Waals surface area contributed by atoms with Crippen LogP contribution in [0, 0.1) is 0 Å². The molecular weight excluding hydrogens is 1670 g/mol. The number of hydrogen-bond acceptors (Lipinski definition) is 50. The molecule has 0 aromatic heterocycles. The average Bonchev–Trinajstić information content (AvgIpc) is 0.767. The summed E-state index contributed by atoms with van der Waals surface area (Å²) in [6.45, 7) is -4.83. The normalized spacial score (nSPS) is 49.7. The molecular formula is C68H114N4O50. The fourth-order valence-corrected chi connectivity index (χ4v) is 15.8. The lowest BCUT2D eigenvalue weighted by Crippen LogP contribution is -2.71. The lowest BCUT2D eigenvalue weighted by atomic mass is 9.93. The summed E-state index contributed by atoms with van der Waals surface area (Å²) in [6, 6.07) is -7.69. The maximum Gasteiger partial charge on any atom is 0.217 e. The molecule has 10 rings (SSSR count). The monoisotopic (exact) mass is 1790 g/mol. The summed E-state index contributed by atoms with van der Waals surface area (Å²) in [7, 11) is 0. The van der Waals surface area contributed by atoms with Crippen molar-refractivity contribution in [1.82, 2.24) is 21.3 Å². The van der Waals surface area contributed by atoms with Crippen LogP contribution in [0.1, 0.15) is 34.6 Å². The molecule has 31 N–H and O–H groups in total. The molecule has 54 nitrogen and oxygen atoms in total. The van der Waals surface area contributed by atoms with E-state index >= 15 is 0 Å². The van der Waals surface area contributed by atoms with E-state index in [1.165, 1.54) is 6.92 Å². The first kappa shape index (κ1) is 100. The third-order valence-electron chi connectivity index (χ3n) is 22.4. The molecule has 10 saturated heterocycles. The highest BCUT2D eigenvalue weighted by atomic mass is 16.8. The molecule has 54 heteroatoms. The Hall–Kier alpha value is -3.96. The van der Waals surface area contributed by atoms with Crippen LogP contribution in [0.4, 0.5) is 0 Å². The third kappa shape index (κ3) is 22.0. The lowest BCUT2D eigenvalue weighted by molar-refractivity contribution is -0.399. The summed E-state index contributed by atoms with van der Waals surface area (Å²) in [5.41, 5.74) is 0. The van der Waals surface area contributed by atoms with E-state index in [1.54, 1.807) is 0 Å². The van der Waals surface area contributed by atoms with Gasteiger partial charge < -0.3 is 249 Å². The molecule has 122 heavy (non-hydrogen) atoms. The minimum Gasteiger partial charge on any atom is -0.394 e. The zero-order valence-electron chi connectivity index (χ0n) is 65.7. The average molecular weight is 1790 g/mol. The molecule has 10 heterocycles. The van der Waals surface area contributed by atoms with E-state index in [0.29, 0.717) is 0 Å². The largest absolute Gasteiger partial charge is 0.394 e. The van der Waals surface area contributed by atoms with Crippen molar-refractivity contribution in [2.24, 2.45) is 0 Å². The molecule has 10 fully saturated rings. The molecule has 0 spiro atoms. The minimum atomic E-state index is -2.63. The summed E-state index contributed by atoms with van der Waals surface area (Å²) in [6.07, 6.45) is -95.2. The van der Waals surface area contributed by atoms with Gasteiger partial charge in [-0.3, -0.25) is 19.2 Å². The van der Waals surface area contributed by atoms with E-state index in [0.717, 1.165) is 27.7 Å². The highest BCUT2D eigenvalue weighted by Crippen LogP contribution is 2.41. The van der Waals surface area contributed by atoms with Crippen molar-refractivity contribution in [3.8, 4) is 0 Å². The van der Waals surface area contributed by atoms with Gasteiger partial charge in [-0.15, -0.1) is 0 Å². The smallest absolute Gasteiger partial charge is 0.217 e. The van der Waals surface area contributed by atoms with Crippen LogP contribution in [-0.4, -0.2) is 528 Å². The number of ether oxygens (including phenoxy) is 19. The standard InChI is InChI=1S/C68H114N4O50/c1-15-33(84)43(94)48(99)63(106-15)104-14-28-55(39(90)29(59(103)107-28)69-16(2)80)116-60-30(70-17(3)81)40(91)54(26(12-79)112-60)119-66-51(102)56(120-68-58(47(98)37(88)23(9-76)111-68)122-62-32(72-19(5)83)42(93)53(25(11-78)114-62)118-65-50(101)45(96)35(86)21(7-74)109-65)38(89)27(115-66)13-105-67-57(46(97)36(87)22(8-75)110-67)121-61-31(71-18(4)82)41(92)52(24(10-77)113-61)117-64-49(100)44(95)34(85)20(6-73)108-64/h15,20-68,73-79,84-103H,6-14H2,1-5H3,(H,69,80)(H,70,81)(H,71,82)(H,72,83). The summed E-state index contributed by atoms with van der Waals surface area (Å²) in [5, 5.41) is 310. The molecule has 4 amide bonds. The van der Waals surface area contributed by atoms with Gasteiger partial charge in [0.2, 0.25) is 23.6 Å². The number of aliphatic hydroxyl groups is 27. The van der Waals surface area contributed by atoms with Crippen molar-refractivity contribution in [2.45, 2.75) is 341 Å². The molecule has 50 unspecified atom stereocenters. The van der Waals surface area contributed by atoms with Gasteiger partial charge in [-0.05, 0) is 6.92 Å². The molecule has 0 radical (unpaired) electrons. The van der Waals surface area contributed by atoms with Crippen LogP contribution < -0.4 is 21.3 Å². The van der Waals surface area contributed by atoms with E-state index in [9.17, 15) is 157 Å². The molecule has 706 valence electrons. The fraction of sp³-hybridized carbons (Fsp3) is 0.941. The summed E-state index contributed by atoms with van der Waals surface area (Å²) in [4.78, 5) is 51.6. The van der Waals surface area contributed by atoms with Gasteiger partial charge in [-0.25, -0.2) is 0 Å². The van der Waals surface area contributed by atoms with E-state index < -0.39 is 390 Å². The number of carbonyl (C=O) groups is 4. The highest BCUT2D eigenvalue weighted by Gasteiger charge is 2.62. The van der Waals surface area contributed by atoms with Crippen molar-refractivity contribution in [3.63, 3.8) is 0 Å². The van der Waals surface area contributed by atoms with Crippen LogP contribution in [0.5, 0.6) is 0 Å². The van der Waals surface area contributed by atoms with Gasteiger partial charge in [0.25, 0.3) is 0 Å². The molecule has 0 bridgehead atoms. The number of aliphatic hydroxyl groups excluding tert-OH is 27. The second-order valence-corrected chi connectivity index (χ2v) is 31.0. The molecule has 0 aromatic carbocycles. The van der Waals surface area contributed by atoms with Gasteiger partial charge in [0.15, 0.2) is 62.9 Å². The van der Waals surface area contributed by atoms with Gasteiger partial charge in [0.05, 0.1) is 65.6 Å². The molecule has 0 aliphatic carbocycles. The Bertz CT molecular complexity index is 3290. The predicted molar refractivity (Wildman–Crippen MR) is 375 cm³/mol. The number of nitrogens with one attached hydrogen (secondary N) is 4. The van der Waals surface area contributed by atoms with Crippen molar-refractivity contribution in [2.75, 3.05) is 59.5 Å². The fourth-order valence-electron chi connectivity index (χ4n) is 15.8. The van der Waals surface area contributed by atoms with Crippen molar-refractivity contribution >= 4 is 23.6 Å². The number of carbonyl (C=O) groups excluding carboxylic acids is 4. The SMILES string of the molecule is CC(=O)NC1C(O)OC(COC2OC(C)C(O)C(O)C2O)C(OC2OC(CO)C(OC3OC(COC4OC(CO)C(O)C(O)C4OC4OC(CO)C(OC5OC(CO)C(O)C(O)C5O)C(O)C4NC(C)=O)C(O)C(OC4OC(CO)C(O)C(O)C4OC4OC(CO)C(OC5OC(CO)C(O)C(O)C5O)C(O)C4NC(C)=O)C3O)C(O)C2NC(C)=O)C1O. The van der Waals surface area contributed by atoms with Gasteiger partial charge in [-0.1, -0.05) is 0 Å². The lowest BCUT2D eigenvalue weighted by Gasteiger charge is -2.51. The van der Waals surface area contributed by atoms with E-state index in [2.05, 4.69) is 21.3 Å². The van der Waals surface area contributed by atoms with E-state index in [-0.39, 0.29) is 0 Å². The maximum absolute atomic E-state index is 13.3. The van der Waals surface area contributed by atoms with Crippen LogP contribution in [0.25, 0.3) is 0 Å². The Morgan fingerprint density at radius 2 is 0.500 bits per heavy atom. The maximum atomic E-state index is 13.3. The second kappa shape index (κ2) is 43.6. The van der Waals surface area contributed by atoms with Gasteiger partial charge in [-0.2, -0.15) is 0 Å². The second-order valence-electron chi connectivity index (χ2n) is 31.0.